The molecule has 0 fully saturated rings. The fourth-order valence-electron chi connectivity index (χ4n) is 2.85. The minimum Gasteiger partial charge on any atom is -0.507 e. The van der Waals surface area contributed by atoms with Gasteiger partial charge in [0, 0.05) is 18.7 Å². The van der Waals surface area contributed by atoms with Crippen LogP contribution in [0.2, 0.25) is 0 Å². The minimum absolute atomic E-state index is 0.000360. The zero-order chi connectivity index (χ0) is 23.3. The van der Waals surface area contributed by atoms with Gasteiger partial charge >= 0.3 is 5.97 Å². The Morgan fingerprint density at radius 1 is 1.00 bits per heavy atom. The van der Waals surface area contributed by atoms with Crippen LogP contribution in [0, 0.1) is 5.82 Å². The quantitative estimate of drug-likeness (QED) is 0.347. The molecule has 3 aromatic rings. The van der Waals surface area contributed by atoms with Crippen molar-refractivity contribution in [1.82, 2.24) is 0 Å². The number of methoxy groups -OCH3 is 1. The van der Waals surface area contributed by atoms with E-state index in [0.717, 1.165) is 18.2 Å². The van der Waals surface area contributed by atoms with Gasteiger partial charge in [0.1, 0.15) is 29.5 Å². The highest BCUT2D eigenvalue weighted by Crippen LogP contribution is 2.32. The van der Waals surface area contributed by atoms with E-state index in [1.807, 2.05) is 0 Å². The van der Waals surface area contributed by atoms with Crippen molar-refractivity contribution >= 4 is 21.7 Å². The number of anilines is 1. The van der Waals surface area contributed by atoms with Gasteiger partial charge in [-0.2, -0.15) is 0 Å². The number of hydrogen-bond donors (Lipinski definition) is 3. The topological polar surface area (TPSA) is 122 Å². The first-order valence-electron chi connectivity index (χ1n) is 9.32. The molecule has 3 aromatic carbocycles. The van der Waals surface area contributed by atoms with Crippen LogP contribution in [0.5, 0.6) is 11.5 Å². The molecule has 0 unspecified atom stereocenters. The summed E-state index contributed by atoms with van der Waals surface area (Å²) in [5.74, 6) is -2.03. The first-order chi connectivity index (χ1) is 15.2. The van der Waals surface area contributed by atoms with E-state index in [1.54, 1.807) is 0 Å². The summed E-state index contributed by atoms with van der Waals surface area (Å²) < 4.78 is 51.2. The Hall–Kier alpha value is -3.63. The van der Waals surface area contributed by atoms with Crippen molar-refractivity contribution in [1.29, 1.82) is 0 Å². The van der Waals surface area contributed by atoms with Gasteiger partial charge in [-0.3, -0.25) is 4.72 Å². The molecule has 0 spiro atoms. The van der Waals surface area contributed by atoms with Crippen molar-refractivity contribution in [3.05, 3.63) is 72.0 Å². The average Bonchev–Trinajstić information content (AvgIpc) is 2.75. The van der Waals surface area contributed by atoms with Crippen molar-refractivity contribution in [2.24, 2.45) is 0 Å². The standard InChI is InChI=1S/C22H20FNO7S/c1-30-9-10-31-22(27)18-7-6-16(13-21(18)26)24-32(28,29)17-4-2-3-14(11-17)19-12-15(23)5-8-20(19)25/h2-8,11-13,24-26H,9-10H2,1H3. The summed E-state index contributed by atoms with van der Waals surface area (Å²) in [5.41, 5.74) is 0.306. The number of ether oxygens (including phenoxy) is 2. The number of benzene rings is 3. The van der Waals surface area contributed by atoms with Gasteiger partial charge in [-0.05, 0) is 48.0 Å². The second-order valence-electron chi connectivity index (χ2n) is 6.66. The predicted molar refractivity (Wildman–Crippen MR) is 115 cm³/mol. The number of phenolic OH excluding ortho intramolecular Hbond substituents is 2. The highest BCUT2D eigenvalue weighted by atomic mass is 32.2. The SMILES string of the molecule is COCCOC(=O)c1ccc(NS(=O)(=O)c2cccc(-c3cc(F)ccc3O)c2)cc1O. The number of hydrogen-bond acceptors (Lipinski definition) is 7. The molecular formula is C22H20FNO7S. The van der Waals surface area contributed by atoms with Gasteiger partial charge in [0.05, 0.1) is 17.2 Å². The zero-order valence-electron chi connectivity index (χ0n) is 16.9. The molecule has 0 saturated heterocycles. The summed E-state index contributed by atoms with van der Waals surface area (Å²) in [6, 6.07) is 12.5. The number of carbonyl (C=O) groups excluding carboxylic acids is 1. The Morgan fingerprint density at radius 3 is 2.50 bits per heavy atom. The van der Waals surface area contributed by atoms with E-state index in [4.69, 9.17) is 9.47 Å². The molecule has 0 heterocycles. The first kappa shape index (κ1) is 23.0. The van der Waals surface area contributed by atoms with E-state index >= 15 is 0 Å². The molecule has 10 heteroatoms. The van der Waals surface area contributed by atoms with Gasteiger partial charge in [-0.1, -0.05) is 12.1 Å². The van der Waals surface area contributed by atoms with Crippen molar-refractivity contribution in [3.8, 4) is 22.6 Å². The highest BCUT2D eigenvalue weighted by Gasteiger charge is 2.19. The van der Waals surface area contributed by atoms with Crippen LogP contribution >= 0.6 is 0 Å². The van der Waals surface area contributed by atoms with Crippen LogP contribution in [-0.2, 0) is 19.5 Å². The maximum Gasteiger partial charge on any atom is 0.341 e. The lowest BCUT2D eigenvalue weighted by molar-refractivity contribution is 0.0385. The lowest BCUT2D eigenvalue weighted by atomic mass is 10.0. The minimum atomic E-state index is -4.10. The second kappa shape index (κ2) is 9.67. The Kier molecular flexibility index (Phi) is 6.96. The number of carbonyl (C=O) groups is 1. The van der Waals surface area contributed by atoms with E-state index in [-0.39, 0.29) is 40.7 Å². The predicted octanol–water partition coefficient (Wildman–Crippen LogP) is 3.51. The van der Waals surface area contributed by atoms with E-state index < -0.39 is 27.6 Å². The summed E-state index contributed by atoms with van der Waals surface area (Å²) in [4.78, 5) is 11.8. The Morgan fingerprint density at radius 2 is 1.78 bits per heavy atom. The summed E-state index contributed by atoms with van der Waals surface area (Å²) >= 11 is 0. The van der Waals surface area contributed by atoms with E-state index in [9.17, 15) is 27.8 Å². The zero-order valence-corrected chi connectivity index (χ0v) is 17.7. The number of esters is 1. The molecule has 8 nitrogen and oxygen atoms in total. The number of rotatable bonds is 8. The number of aromatic hydroxyl groups is 2. The number of nitrogens with one attached hydrogen (secondary N) is 1. The monoisotopic (exact) mass is 461 g/mol. The molecule has 0 aliphatic heterocycles. The van der Waals surface area contributed by atoms with Gasteiger partial charge < -0.3 is 19.7 Å². The van der Waals surface area contributed by atoms with Crippen molar-refractivity contribution in [2.75, 3.05) is 25.0 Å². The van der Waals surface area contributed by atoms with E-state index in [2.05, 4.69) is 4.72 Å². The Labute approximate surface area is 183 Å². The van der Waals surface area contributed by atoms with Crippen LogP contribution < -0.4 is 4.72 Å². The fourth-order valence-corrected chi connectivity index (χ4v) is 3.94. The van der Waals surface area contributed by atoms with Crippen LogP contribution in [-0.4, -0.2) is 44.9 Å². The molecule has 0 bridgehead atoms. The van der Waals surface area contributed by atoms with Gasteiger partial charge in [0.25, 0.3) is 10.0 Å². The van der Waals surface area contributed by atoms with Gasteiger partial charge in [-0.25, -0.2) is 17.6 Å². The highest BCUT2D eigenvalue weighted by molar-refractivity contribution is 7.92. The lowest BCUT2D eigenvalue weighted by Gasteiger charge is -2.12. The van der Waals surface area contributed by atoms with Crippen molar-refractivity contribution < 1.29 is 37.3 Å². The van der Waals surface area contributed by atoms with Crippen LogP contribution in [0.25, 0.3) is 11.1 Å². The molecule has 0 saturated carbocycles. The van der Waals surface area contributed by atoms with Crippen LogP contribution in [0.1, 0.15) is 10.4 Å². The smallest absolute Gasteiger partial charge is 0.341 e. The third-order valence-corrected chi connectivity index (χ3v) is 5.78. The summed E-state index contributed by atoms with van der Waals surface area (Å²) in [6.07, 6.45) is 0. The molecular weight excluding hydrogens is 441 g/mol. The van der Waals surface area contributed by atoms with E-state index in [1.165, 1.54) is 49.6 Å². The maximum atomic E-state index is 13.6. The fraction of sp³-hybridized carbons (Fsp3) is 0.136. The third kappa shape index (κ3) is 5.34. The Bertz CT molecular complexity index is 1240. The molecule has 32 heavy (non-hydrogen) atoms. The molecule has 0 atom stereocenters. The molecule has 0 radical (unpaired) electrons. The second-order valence-corrected chi connectivity index (χ2v) is 8.34. The van der Waals surface area contributed by atoms with Gasteiger partial charge in [0.15, 0.2) is 0 Å². The summed E-state index contributed by atoms with van der Waals surface area (Å²) in [6.45, 7) is 0.192. The molecule has 0 aromatic heterocycles. The lowest BCUT2D eigenvalue weighted by Crippen LogP contribution is -2.14. The van der Waals surface area contributed by atoms with Crippen molar-refractivity contribution in [3.63, 3.8) is 0 Å². The molecule has 0 aliphatic rings. The molecule has 0 aliphatic carbocycles. The Balaban J connectivity index is 1.83. The largest absolute Gasteiger partial charge is 0.507 e. The van der Waals surface area contributed by atoms with Crippen LogP contribution in [0.4, 0.5) is 10.1 Å². The van der Waals surface area contributed by atoms with Gasteiger partial charge in [0.2, 0.25) is 0 Å². The molecule has 168 valence electrons. The third-order valence-electron chi connectivity index (χ3n) is 4.40. The molecule has 0 amide bonds. The van der Waals surface area contributed by atoms with Crippen molar-refractivity contribution in [2.45, 2.75) is 4.90 Å². The van der Waals surface area contributed by atoms with Gasteiger partial charge in [-0.15, -0.1) is 0 Å². The molecule has 3 N–H and O–H groups in total. The average molecular weight is 461 g/mol. The number of halogens is 1. The summed E-state index contributed by atoms with van der Waals surface area (Å²) in [5, 5.41) is 20.1. The molecule has 3 rings (SSSR count). The van der Waals surface area contributed by atoms with E-state index in [0.29, 0.717) is 5.56 Å². The normalized spacial score (nSPS) is 11.2. The van der Waals surface area contributed by atoms with Crippen LogP contribution in [0.15, 0.2) is 65.6 Å². The van der Waals surface area contributed by atoms with Crippen LogP contribution in [0.3, 0.4) is 0 Å². The number of phenols is 2. The maximum absolute atomic E-state index is 13.6. The first-order valence-corrected chi connectivity index (χ1v) is 10.8. The summed E-state index contributed by atoms with van der Waals surface area (Å²) in [7, 11) is -2.66. The number of sulfonamides is 1.